The van der Waals surface area contributed by atoms with E-state index in [0.29, 0.717) is 18.1 Å². The second-order valence-electron chi connectivity index (χ2n) is 6.93. The molecule has 1 amide bonds. The quantitative estimate of drug-likeness (QED) is 0.732. The topological polar surface area (TPSA) is 83.9 Å². The summed E-state index contributed by atoms with van der Waals surface area (Å²) in [4.78, 5) is 33.6. The maximum atomic E-state index is 12.5. The minimum absolute atomic E-state index is 0.0618. The normalized spacial score (nSPS) is 16.4. The van der Waals surface area contributed by atoms with Crippen molar-refractivity contribution < 1.29 is 4.79 Å². The first-order valence-electron chi connectivity index (χ1n) is 9.26. The van der Waals surface area contributed by atoms with Crippen LogP contribution < -0.4 is 10.2 Å². The van der Waals surface area contributed by atoms with Crippen molar-refractivity contribution in [3.63, 3.8) is 0 Å². The third-order valence-electron chi connectivity index (χ3n) is 4.84. The van der Waals surface area contributed by atoms with Gasteiger partial charge >= 0.3 is 0 Å². The molecule has 4 heterocycles. The lowest BCUT2D eigenvalue weighted by atomic mass is 10.1. The lowest BCUT2D eigenvalue weighted by Crippen LogP contribution is -2.37. The first-order chi connectivity index (χ1) is 13.5. The molecule has 0 bridgehead atoms. The van der Waals surface area contributed by atoms with Crippen LogP contribution in [-0.2, 0) is 0 Å². The second kappa shape index (κ2) is 7.63. The summed E-state index contributed by atoms with van der Waals surface area (Å²) in [6.45, 7) is 7.35. The van der Waals surface area contributed by atoms with Crippen LogP contribution in [0.25, 0.3) is 10.6 Å². The summed E-state index contributed by atoms with van der Waals surface area (Å²) in [5.74, 6) is 0.611. The molecule has 1 aliphatic rings. The summed E-state index contributed by atoms with van der Waals surface area (Å²) in [6, 6.07) is 5.57. The van der Waals surface area contributed by atoms with Crippen molar-refractivity contribution in [3.05, 3.63) is 52.6 Å². The first kappa shape index (κ1) is 18.5. The molecule has 1 saturated heterocycles. The number of carbonyl (C=O) groups is 1. The van der Waals surface area contributed by atoms with E-state index in [0.717, 1.165) is 39.9 Å². The smallest absolute Gasteiger partial charge is 0.253 e. The van der Waals surface area contributed by atoms with Crippen LogP contribution in [0.5, 0.6) is 0 Å². The summed E-state index contributed by atoms with van der Waals surface area (Å²) in [6.07, 6.45) is 4.34. The first-order valence-corrected chi connectivity index (χ1v) is 10.1. The van der Waals surface area contributed by atoms with Crippen LogP contribution in [0, 0.1) is 20.8 Å². The molecule has 0 radical (unpaired) electrons. The van der Waals surface area contributed by atoms with Gasteiger partial charge in [0.2, 0.25) is 5.95 Å². The second-order valence-corrected chi connectivity index (χ2v) is 8.13. The summed E-state index contributed by atoms with van der Waals surface area (Å²) in [5, 5.41) is 4.14. The van der Waals surface area contributed by atoms with Crippen LogP contribution in [0.2, 0.25) is 0 Å². The van der Waals surface area contributed by atoms with Crippen molar-refractivity contribution in [2.75, 3.05) is 18.0 Å². The maximum absolute atomic E-state index is 12.5. The number of rotatable bonds is 4. The summed E-state index contributed by atoms with van der Waals surface area (Å²) in [7, 11) is 0. The number of carbonyl (C=O) groups excluding carboxylic acids is 1. The average Bonchev–Trinajstić information content (AvgIpc) is 3.28. The minimum Gasteiger partial charge on any atom is -0.347 e. The Hall–Kier alpha value is -2.87. The molecule has 0 aromatic carbocycles. The highest BCUT2D eigenvalue weighted by Gasteiger charge is 2.26. The van der Waals surface area contributed by atoms with Crippen molar-refractivity contribution in [1.82, 2.24) is 25.3 Å². The predicted molar refractivity (Wildman–Crippen MR) is 110 cm³/mol. The average molecular weight is 395 g/mol. The molecular weight excluding hydrogens is 372 g/mol. The molecule has 3 aromatic rings. The lowest BCUT2D eigenvalue weighted by molar-refractivity contribution is 0.0939. The molecular formula is C20H22N6OS. The van der Waals surface area contributed by atoms with Crippen LogP contribution in [0.15, 0.2) is 30.6 Å². The fourth-order valence-corrected chi connectivity index (χ4v) is 4.33. The maximum Gasteiger partial charge on any atom is 0.253 e. The van der Waals surface area contributed by atoms with Crippen molar-refractivity contribution in [3.8, 4) is 10.6 Å². The number of anilines is 1. The molecule has 144 valence electrons. The van der Waals surface area contributed by atoms with Crippen LogP contribution in [0.1, 0.15) is 33.2 Å². The van der Waals surface area contributed by atoms with Crippen LogP contribution in [-0.4, -0.2) is 45.0 Å². The van der Waals surface area contributed by atoms with Gasteiger partial charge in [0.1, 0.15) is 0 Å². The number of nitrogens with zero attached hydrogens (tertiary/aromatic N) is 5. The number of aryl methyl sites for hydroxylation is 3. The largest absolute Gasteiger partial charge is 0.347 e. The molecule has 4 rings (SSSR count). The number of thiazole rings is 1. The Morgan fingerprint density at radius 2 is 2.00 bits per heavy atom. The highest BCUT2D eigenvalue weighted by atomic mass is 32.1. The summed E-state index contributed by atoms with van der Waals surface area (Å²) in [5.41, 5.74) is 3.24. The molecule has 1 aliphatic heterocycles. The van der Waals surface area contributed by atoms with E-state index in [9.17, 15) is 4.79 Å². The lowest BCUT2D eigenvalue weighted by Gasteiger charge is -2.17. The number of hydrogen-bond acceptors (Lipinski definition) is 7. The Morgan fingerprint density at radius 3 is 2.75 bits per heavy atom. The molecule has 0 aliphatic carbocycles. The van der Waals surface area contributed by atoms with Gasteiger partial charge in [-0.25, -0.2) is 15.0 Å². The van der Waals surface area contributed by atoms with E-state index >= 15 is 0 Å². The van der Waals surface area contributed by atoms with Gasteiger partial charge in [-0.2, -0.15) is 0 Å². The Kier molecular flexibility index (Phi) is 5.04. The van der Waals surface area contributed by atoms with Gasteiger partial charge < -0.3 is 10.2 Å². The molecule has 3 aromatic heterocycles. The van der Waals surface area contributed by atoms with Crippen LogP contribution >= 0.6 is 11.3 Å². The van der Waals surface area contributed by atoms with E-state index in [1.54, 1.807) is 35.9 Å². The van der Waals surface area contributed by atoms with E-state index in [2.05, 4.69) is 25.2 Å². The molecule has 1 atom stereocenters. The molecule has 1 unspecified atom stereocenters. The van der Waals surface area contributed by atoms with Gasteiger partial charge in [-0.3, -0.25) is 9.78 Å². The molecule has 0 spiro atoms. The van der Waals surface area contributed by atoms with Crippen LogP contribution in [0.4, 0.5) is 5.95 Å². The number of pyridine rings is 1. The van der Waals surface area contributed by atoms with Gasteiger partial charge in [-0.1, -0.05) is 0 Å². The van der Waals surface area contributed by atoms with Crippen molar-refractivity contribution in [2.24, 2.45) is 0 Å². The predicted octanol–water partition coefficient (Wildman–Crippen LogP) is 2.93. The van der Waals surface area contributed by atoms with E-state index in [1.165, 1.54) is 0 Å². The van der Waals surface area contributed by atoms with Crippen molar-refractivity contribution in [2.45, 2.75) is 33.2 Å². The highest BCUT2D eigenvalue weighted by Crippen LogP contribution is 2.29. The Labute approximate surface area is 167 Å². The SMILES string of the molecule is Cc1nc(C)c(-c2ccnc(N3CCC(NC(=O)c4cccnc4C)C3)n2)s1. The molecule has 28 heavy (non-hydrogen) atoms. The zero-order valence-electron chi connectivity index (χ0n) is 16.1. The number of aromatic nitrogens is 4. The minimum atomic E-state index is -0.0807. The zero-order chi connectivity index (χ0) is 19.7. The van der Waals surface area contributed by atoms with E-state index in [-0.39, 0.29) is 11.9 Å². The van der Waals surface area contributed by atoms with Gasteiger partial charge in [0.05, 0.1) is 26.8 Å². The van der Waals surface area contributed by atoms with E-state index in [4.69, 9.17) is 4.98 Å². The van der Waals surface area contributed by atoms with Gasteiger partial charge in [-0.15, -0.1) is 11.3 Å². The fraction of sp³-hybridized carbons (Fsp3) is 0.350. The Balaban J connectivity index is 1.46. The molecule has 8 heteroatoms. The van der Waals surface area contributed by atoms with Gasteiger partial charge in [0.15, 0.2) is 0 Å². The fourth-order valence-electron chi connectivity index (χ4n) is 3.44. The third-order valence-corrected chi connectivity index (χ3v) is 5.93. The molecule has 7 nitrogen and oxygen atoms in total. The van der Waals surface area contributed by atoms with Crippen molar-refractivity contribution in [1.29, 1.82) is 0 Å². The van der Waals surface area contributed by atoms with Crippen LogP contribution in [0.3, 0.4) is 0 Å². The van der Waals surface area contributed by atoms with Gasteiger partial charge in [0, 0.05) is 37.2 Å². The number of hydrogen-bond donors (Lipinski definition) is 1. The Bertz CT molecular complexity index is 1020. The third kappa shape index (κ3) is 3.73. The molecule has 1 N–H and O–H groups in total. The summed E-state index contributed by atoms with van der Waals surface area (Å²) >= 11 is 1.64. The van der Waals surface area contributed by atoms with Gasteiger partial charge in [0.25, 0.3) is 5.91 Å². The van der Waals surface area contributed by atoms with E-state index < -0.39 is 0 Å². The Morgan fingerprint density at radius 1 is 1.14 bits per heavy atom. The van der Waals surface area contributed by atoms with Crippen molar-refractivity contribution >= 4 is 23.2 Å². The van der Waals surface area contributed by atoms with Gasteiger partial charge in [-0.05, 0) is 45.4 Å². The molecule has 0 saturated carbocycles. The highest BCUT2D eigenvalue weighted by molar-refractivity contribution is 7.15. The zero-order valence-corrected chi connectivity index (χ0v) is 17.0. The monoisotopic (exact) mass is 394 g/mol. The summed E-state index contributed by atoms with van der Waals surface area (Å²) < 4.78 is 0. The van der Waals surface area contributed by atoms with E-state index in [1.807, 2.05) is 26.8 Å². The number of nitrogens with one attached hydrogen (secondary N) is 1. The molecule has 1 fully saturated rings. The standard InChI is InChI=1S/C20H22N6OS/c1-12-16(5-4-8-21-12)19(27)24-15-7-10-26(11-15)20-22-9-6-17(25-20)18-13(2)23-14(3)28-18/h4-6,8-9,15H,7,10-11H2,1-3H3,(H,24,27). The number of amides is 1.